The number of rotatable bonds is 7. The second kappa shape index (κ2) is 9.23. The number of nitrogens with one attached hydrogen (secondary N) is 1. The van der Waals surface area contributed by atoms with Gasteiger partial charge in [0.05, 0.1) is 14.2 Å². The third-order valence-corrected chi connectivity index (χ3v) is 4.11. The minimum Gasteiger partial charge on any atom is -0.497 e. The van der Waals surface area contributed by atoms with Gasteiger partial charge in [-0.3, -0.25) is 9.59 Å². The SMILES string of the molecule is COc1ccc(C(=O)OCC(=O)c2ccc(NC(=O)C(C)(C)C)cc2)c(OC)c1. The largest absolute Gasteiger partial charge is 0.497 e. The monoisotopic (exact) mass is 399 g/mol. The van der Waals surface area contributed by atoms with Crippen molar-refractivity contribution in [1.29, 1.82) is 0 Å². The van der Waals surface area contributed by atoms with Crippen molar-refractivity contribution in [3.63, 3.8) is 0 Å². The van der Waals surface area contributed by atoms with Gasteiger partial charge in [0.15, 0.2) is 12.4 Å². The zero-order valence-electron chi connectivity index (χ0n) is 17.2. The van der Waals surface area contributed by atoms with E-state index in [1.807, 2.05) is 20.8 Å². The topological polar surface area (TPSA) is 90.9 Å². The first-order chi connectivity index (χ1) is 13.7. The maximum Gasteiger partial charge on any atom is 0.342 e. The van der Waals surface area contributed by atoms with Gasteiger partial charge < -0.3 is 19.5 Å². The first kappa shape index (κ1) is 21.9. The molecular formula is C22H25NO6. The lowest BCUT2D eigenvalue weighted by Gasteiger charge is -2.17. The highest BCUT2D eigenvalue weighted by molar-refractivity contribution is 6.01. The summed E-state index contributed by atoms with van der Waals surface area (Å²) in [6.45, 7) is 5.02. The zero-order valence-corrected chi connectivity index (χ0v) is 17.2. The van der Waals surface area contributed by atoms with E-state index in [1.54, 1.807) is 36.4 Å². The molecule has 0 heterocycles. The summed E-state index contributed by atoms with van der Waals surface area (Å²) >= 11 is 0. The van der Waals surface area contributed by atoms with Crippen LogP contribution >= 0.6 is 0 Å². The molecule has 1 amide bonds. The van der Waals surface area contributed by atoms with Gasteiger partial charge in [0.2, 0.25) is 5.91 Å². The van der Waals surface area contributed by atoms with E-state index >= 15 is 0 Å². The van der Waals surface area contributed by atoms with Gasteiger partial charge in [0.25, 0.3) is 0 Å². The van der Waals surface area contributed by atoms with Crippen molar-refractivity contribution >= 4 is 23.3 Å². The lowest BCUT2D eigenvalue weighted by atomic mass is 9.95. The fourth-order valence-electron chi connectivity index (χ4n) is 2.32. The Morgan fingerprint density at radius 3 is 2.14 bits per heavy atom. The molecule has 2 aromatic rings. The molecule has 7 heteroatoms. The normalized spacial score (nSPS) is 10.8. The second-order valence-electron chi connectivity index (χ2n) is 7.35. The standard InChI is InChI=1S/C22H25NO6/c1-22(2,3)21(26)23-15-8-6-14(7-9-15)18(24)13-29-20(25)17-11-10-16(27-4)12-19(17)28-5/h6-12H,13H2,1-5H3,(H,23,26). The molecule has 0 radical (unpaired) electrons. The fraction of sp³-hybridized carbons (Fsp3) is 0.318. The predicted molar refractivity (Wildman–Crippen MR) is 109 cm³/mol. The molecule has 7 nitrogen and oxygen atoms in total. The molecule has 0 aliphatic carbocycles. The first-order valence-corrected chi connectivity index (χ1v) is 8.99. The first-order valence-electron chi connectivity index (χ1n) is 8.99. The van der Waals surface area contributed by atoms with E-state index in [2.05, 4.69) is 5.32 Å². The average Bonchev–Trinajstić information content (AvgIpc) is 2.71. The van der Waals surface area contributed by atoms with Gasteiger partial charge >= 0.3 is 5.97 Å². The number of benzene rings is 2. The van der Waals surface area contributed by atoms with Crippen molar-refractivity contribution in [3.05, 3.63) is 53.6 Å². The molecule has 0 aliphatic rings. The van der Waals surface area contributed by atoms with Crippen LogP contribution in [0.2, 0.25) is 0 Å². The zero-order chi connectivity index (χ0) is 21.6. The lowest BCUT2D eigenvalue weighted by Crippen LogP contribution is -2.27. The number of methoxy groups -OCH3 is 2. The predicted octanol–water partition coefficient (Wildman–Crippen LogP) is 3.73. The molecule has 2 rings (SSSR count). The third kappa shape index (κ3) is 5.81. The van der Waals surface area contributed by atoms with Crippen molar-refractivity contribution in [3.8, 4) is 11.5 Å². The van der Waals surface area contributed by atoms with E-state index in [-0.39, 0.29) is 17.3 Å². The molecule has 29 heavy (non-hydrogen) atoms. The van der Waals surface area contributed by atoms with Crippen molar-refractivity contribution < 1.29 is 28.6 Å². The van der Waals surface area contributed by atoms with E-state index < -0.39 is 18.0 Å². The quantitative estimate of drug-likeness (QED) is 0.564. The Bertz CT molecular complexity index is 897. The molecule has 0 aromatic heterocycles. The maximum absolute atomic E-state index is 12.3. The smallest absolute Gasteiger partial charge is 0.342 e. The van der Waals surface area contributed by atoms with Crippen molar-refractivity contribution in [2.75, 3.05) is 26.1 Å². The van der Waals surface area contributed by atoms with Gasteiger partial charge in [0, 0.05) is 22.7 Å². The van der Waals surface area contributed by atoms with E-state index in [0.29, 0.717) is 22.7 Å². The number of esters is 1. The van der Waals surface area contributed by atoms with Crippen molar-refractivity contribution in [2.24, 2.45) is 5.41 Å². The Morgan fingerprint density at radius 2 is 1.59 bits per heavy atom. The summed E-state index contributed by atoms with van der Waals surface area (Å²) in [6.07, 6.45) is 0. The Labute approximate surface area is 170 Å². The number of Topliss-reactive ketones (excluding diaryl/α,β-unsaturated/α-hetero) is 1. The van der Waals surface area contributed by atoms with Crippen LogP contribution in [0, 0.1) is 5.41 Å². The molecule has 2 aromatic carbocycles. The van der Waals surface area contributed by atoms with Crippen LogP contribution in [0.3, 0.4) is 0 Å². The van der Waals surface area contributed by atoms with Crippen LogP contribution in [0.15, 0.2) is 42.5 Å². The van der Waals surface area contributed by atoms with Gasteiger partial charge in [0.1, 0.15) is 17.1 Å². The molecule has 0 bridgehead atoms. The number of carbonyl (C=O) groups excluding carboxylic acids is 3. The number of carbonyl (C=O) groups is 3. The Hall–Kier alpha value is -3.35. The molecule has 0 fully saturated rings. The van der Waals surface area contributed by atoms with Crippen LogP contribution in [0.5, 0.6) is 11.5 Å². The van der Waals surface area contributed by atoms with Gasteiger partial charge in [-0.2, -0.15) is 0 Å². The van der Waals surface area contributed by atoms with Gasteiger partial charge in [-0.1, -0.05) is 20.8 Å². The van der Waals surface area contributed by atoms with Crippen molar-refractivity contribution in [1.82, 2.24) is 0 Å². The Balaban J connectivity index is 1.99. The molecule has 0 saturated heterocycles. The molecule has 0 spiro atoms. The average molecular weight is 399 g/mol. The van der Waals surface area contributed by atoms with Gasteiger partial charge in [-0.25, -0.2) is 4.79 Å². The van der Waals surface area contributed by atoms with Gasteiger partial charge in [-0.05, 0) is 36.4 Å². The summed E-state index contributed by atoms with van der Waals surface area (Å²) in [5.74, 6) is -0.334. The summed E-state index contributed by atoms with van der Waals surface area (Å²) in [6, 6.07) is 11.1. The van der Waals surface area contributed by atoms with E-state index in [0.717, 1.165) is 0 Å². The molecular weight excluding hydrogens is 374 g/mol. The number of ketones is 1. The van der Waals surface area contributed by atoms with Gasteiger partial charge in [-0.15, -0.1) is 0 Å². The highest BCUT2D eigenvalue weighted by atomic mass is 16.5. The van der Waals surface area contributed by atoms with Crippen molar-refractivity contribution in [2.45, 2.75) is 20.8 Å². The highest BCUT2D eigenvalue weighted by Gasteiger charge is 2.21. The van der Waals surface area contributed by atoms with E-state index in [9.17, 15) is 14.4 Å². The molecule has 0 saturated carbocycles. The summed E-state index contributed by atoms with van der Waals surface area (Å²) < 4.78 is 15.4. The maximum atomic E-state index is 12.3. The number of anilines is 1. The number of hydrogen-bond donors (Lipinski definition) is 1. The lowest BCUT2D eigenvalue weighted by molar-refractivity contribution is -0.123. The Kier molecular flexibility index (Phi) is 6.98. The van der Waals surface area contributed by atoms with Crippen LogP contribution in [0.1, 0.15) is 41.5 Å². The Morgan fingerprint density at radius 1 is 0.931 bits per heavy atom. The molecule has 0 unspecified atom stereocenters. The van der Waals surface area contributed by atoms with E-state index in [4.69, 9.17) is 14.2 Å². The minimum atomic E-state index is -0.674. The fourth-order valence-corrected chi connectivity index (χ4v) is 2.32. The second-order valence-corrected chi connectivity index (χ2v) is 7.35. The highest BCUT2D eigenvalue weighted by Crippen LogP contribution is 2.25. The van der Waals surface area contributed by atoms with Crippen LogP contribution < -0.4 is 14.8 Å². The molecule has 0 aliphatic heterocycles. The summed E-state index contributed by atoms with van der Waals surface area (Å²) in [7, 11) is 2.93. The number of amides is 1. The molecule has 0 atom stereocenters. The number of ether oxygens (including phenoxy) is 3. The van der Waals surface area contributed by atoms with Crippen LogP contribution in [-0.2, 0) is 9.53 Å². The summed E-state index contributed by atoms with van der Waals surface area (Å²) in [5.41, 5.74) is 0.626. The third-order valence-electron chi connectivity index (χ3n) is 4.11. The van der Waals surface area contributed by atoms with Crippen LogP contribution in [-0.4, -0.2) is 38.5 Å². The number of hydrogen-bond acceptors (Lipinski definition) is 6. The minimum absolute atomic E-state index is 0.126. The summed E-state index contributed by atoms with van der Waals surface area (Å²) in [4.78, 5) is 36.6. The van der Waals surface area contributed by atoms with Crippen LogP contribution in [0.25, 0.3) is 0 Å². The molecule has 154 valence electrons. The summed E-state index contributed by atoms with van der Waals surface area (Å²) in [5, 5.41) is 2.78. The van der Waals surface area contributed by atoms with Crippen LogP contribution in [0.4, 0.5) is 5.69 Å². The van der Waals surface area contributed by atoms with E-state index in [1.165, 1.54) is 20.3 Å². The molecule has 1 N–H and O–H groups in total.